The van der Waals surface area contributed by atoms with Gasteiger partial charge in [-0.15, -0.1) is 0 Å². The zero-order valence-electron chi connectivity index (χ0n) is 14.3. The van der Waals surface area contributed by atoms with E-state index in [2.05, 4.69) is 15.8 Å². The molecule has 1 unspecified atom stereocenters. The van der Waals surface area contributed by atoms with E-state index in [0.29, 0.717) is 16.9 Å². The maximum Gasteiger partial charge on any atom is 0.245 e. The molecule has 0 radical (unpaired) electrons. The van der Waals surface area contributed by atoms with Crippen molar-refractivity contribution in [1.82, 2.24) is 10.4 Å². The lowest BCUT2D eigenvalue weighted by atomic mass is 9.95. The third-order valence-corrected chi connectivity index (χ3v) is 4.06. The van der Waals surface area contributed by atoms with Gasteiger partial charge in [-0.1, -0.05) is 54.6 Å². The second-order valence-electron chi connectivity index (χ2n) is 5.87. The fourth-order valence-corrected chi connectivity index (χ4v) is 2.53. The fraction of sp³-hybridized carbons (Fsp3) is 0.0952. The second-order valence-corrected chi connectivity index (χ2v) is 5.87. The number of benzene rings is 2. The van der Waals surface area contributed by atoms with E-state index in [1.54, 1.807) is 55.6 Å². The maximum absolute atomic E-state index is 12.6. The predicted octanol–water partition coefficient (Wildman–Crippen LogP) is 3.56. The highest BCUT2D eigenvalue weighted by Gasteiger charge is 2.17. The summed E-state index contributed by atoms with van der Waals surface area (Å²) in [6.45, 7) is 1.79. The molecule has 1 aromatic heterocycles. The van der Waals surface area contributed by atoms with Gasteiger partial charge in [0, 0.05) is 17.3 Å². The van der Waals surface area contributed by atoms with E-state index in [9.17, 15) is 9.59 Å². The molecule has 3 aromatic rings. The van der Waals surface area contributed by atoms with Crippen molar-refractivity contribution >= 4 is 17.5 Å². The largest absolute Gasteiger partial charge is 0.289 e. The molecule has 1 atom stereocenters. The first kappa shape index (κ1) is 17.4. The summed E-state index contributed by atoms with van der Waals surface area (Å²) in [6.07, 6.45) is 1.64. The monoisotopic (exact) mass is 345 g/mol. The van der Waals surface area contributed by atoms with E-state index in [4.69, 9.17) is 0 Å². The number of aromatic nitrogens is 1. The molecule has 0 saturated heterocycles. The number of hydrogen-bond acceptors (Lipinski definition) is 4. The second kappa shape index (κ2) is 8.07. The fourth-order valence-electron chi connectivity index (χ4n) is 2.53. The average molecular weight is 345 g/mol. The Balaban J connectivity index is 1.70. The molecular formula is C21H19N3O2. The van der Waals surface area contributed by atoms with Crippen LogP contribution in [0.2, 0.25) is 0 Å². The van der Waals surface area contributed by atoms with Crippen LogP contribution in [0, 0.1) is 0 Å². The minimum Gasteiger partial charge on any atom is -0.289 e. The number of nitrogens with zero attached hydrogens (tertiary/aromatic N) is 1. The molecule has 0 aliphatic carbocycles. The number of carbonyl (C=O) groups is 2. The van der Waals surface area contributed by atoms with Crippen LogP contribution in [0.25, 0.3) is 0 Å². The minimum atomic E-state index is -0.422. The van der Waals surface area contributed by atoms with Crippen LogP contribution in [-0.2, 0) is 4.79 Å². The summed E-state index contributed by atoms with van der Waals surface area (Å²) < 4.78 is 0. The first-order valence-electron chi connectivity index (χ1n) is 8.32. The molecule has 0 saturated carbocycles. The lowest BCUT2D eigenvalue weighted by molar-refractivity contribution is -0.121. The zero-order valence-corrected chi connectivity index (χ0v) is 14.3. The summed E-state index contributed by atoms with van der Waals surface area (Å²) in [5.41, 5.74) is 7.38. The molecular weight excluding hydrogens is 326 g/mol. The number of pyridine rings is 1. The van der Waals surface area contributed by atoms with E-state index in [0.717, 1.165) is 5.56 Å². The van der Waals surface area contributed by atoms with Crippen LogP contribution < -0.4 is 10.9 Å². The van der Waals surface area contributed by atoms with E-state index in [1.807, 2.05) is 30.3 Å². The van der Waals surface area contributed by atoms with Gasteiger partial charge in [0.1, 0.15) is 5.82 Å². The van der Waals surface area contributed by atoms with Crippen molar-refractivity contribution in [2.45, 2.75) is 12.8 Å². The van der Waals surface area contributed by atoms with Crippen molar-refractivity contribution in [3.8, 4) is 0 Å². The Labute approximate surface area is 152 Å². The number of carbonyl (C=O) groups excluding carboxylic acids is 2. The molecule has 0 fully saturated rings. The van der Waals surface area contributed by atoms with Crippen molar-refractivity contribution in [3.63, 3.8) is 0 Å². The van der Waals surface area contributed by atoms with Crippen molar-refractivity contribution < 1.29 is 9.59 Å². The lowest BCUT2D eigenvalue weighted by Gasteiger charge is -2.14. The standard InChI is InChI=1S/C21H19N3O2/c1-15(21(26)24-23-19-12-5-6-13-22-19)17-10-7-11-18(14-17)20(25)16-8-3-2-4-9-16/h2-15H,1H3,(H,22,23)(H,24,26). The number of amides is 1. The lowest BCUT2D eigenvalue weighted by Crippen LogP contribution is -2.33. The van der Waals surface area contributed by atoms with Crippen LogP contribution in [0.1, 0.15) is 34.3 Å². The van der Waals surface area contributed by atoms with Crippen LogP contribution in [0.3, 0.4) is 0 Å². The van der Waals surface area contributed by atoms with Crippen LogP contribution >= 0.6 is 0 Å². The third kappa shape index (κ3) is 4.13. The Morgan fingerprint density at radius 2 is 1.62 bits per heavy atom. The van der Waals surface area contributed by atoms with E-state index < -0.39 is 5.92 Å². The number of nitrogens with one attached hydrogen (secondary N) is 2. The molecule has 1 amide bonds. The molecule has 0 spiro atoms. The molecule has 26 heavy (non-hydrogen) atoms. The Hall–Kier alpha value is -3.47. The molecule has 0 bridgehead atoms. The number of anilines is 1. The number of hydrazine groups is 1. The first-order valence-corrected chi connectivity index (χ1v) is 8.32. The van der Waals surface area contributed by atoms with Gasteiger partial charge in [-0.3, -0.25) is 20.4 Å². The molecule has 2 aromatic carbocycles. The van der Waals surface area contributed by atoms with Gasteiger partial charge in [0.25, 0.3) is 0 Å². The first-order chi connectivity index (χ1) is 12.6. The highest BCUT2D eigenvalue weighted by Crippen LogP contribution is 2.19. The zero-order chi connectivity index (χ0) is 18.4. The van der Waals surface area contributed by atoms with Crippen molar-refractivity contribution in [2.24, 2.45) is 0 Å². The Bertz CT molecular complexity index is 895. The summed E-state index contributed by atoms with van der Waals surface area (Å²) in [4.78, 5) is 29.0. The van der Waals surface area contributed by atoms with Gasteiger partial charge in [0.2, 0.25) is 5.91 Å². The van der Waals surface area contributed by atoms with Gasteiger partial charge >= 0.3 is 0 Å². The summed E-state index contributed by atoms with van der Waals surface area (Å²) in [5, 5.41) is 0. The SMILES string of the molecule is CC(C(=O)NNc1ccccn1)c1cccc(C(=O)c2ccccc2)c1. The summed E-state index contributed by atoms with van der Waals surface area (Å²) in [6, 6.07) is 21.6. The smallest absolute Gasteiger partial charge is 0.245 e. The van der Waals surface area contributed by atoms with Gasteiger partial charge in [-0.2, -0.15) is 0 Å². The maximum atomic E-state index is 12.6. The van der Waals surface area contributed by atoms with E-state index in [-0.39, 0.29) is 11.7 Å². The summed E-state index contributed by atoms with van der Waals surface area (Å²) >= 11 is 0. The Kier molecular flexibility index (Phi) is 5.39. The summed E-state index contributed by atoms with van der Waals surface area (Å²) in [7, 11) is 0. The number of ketones is 1. The van der Waals surface area contributed by atoms with Crippen LogP contribution in [-0.4, -0.2) is 16.7 Å². The van der Waals surface area contributed by atoms with Crippen LogP contribution in [0.5, 0.6) is 0 Å². The van der Waals surface area contributed by atoms with Gasteiger partial charge < -0.3 is 0 Å². The van der Waals surface area contributed by atoms with Crippen LogP contribution in [0.4, 0.5) is 5.82 Å². The molecule has 0 aliphatic rings. The average Bonchev–Trinajstić information content (AvgIpc) is 2.72. The number of hydrogen-bond donors (Lipinski definition) is 2. The molecule has 5 heteroatoms. The molecule has 130 valence electrons. The van der Waals surface area contributed by atoms with Gasteiger partial charge in [-0.05, 0) is 30.7 Å². The van der Waals surface area contributed by atoms with Crippen molar-refractivity contribution in [1.29, 1.82) is 0 Å². The topological polar surface area (TPSA) is 71.1 Å². The predicted molar refractivity (Wildman–Crippen MR) is 101 cm³/mol. The molecule has 2 N–H and O–H groups in total. The van der Waals surface area contributed by atoms with E-state index >= 15 is 0 Å². The quantitative estimate of drug-likeness (QED) is 0.529. The minimum absolute atomic E-state index is 0.0633. The Morgan fingerprint density at radius 3 is 2.35 bits per heavy atom. The van der Waals surface area contributed by atoms with Gasteiger partial charge in [-0.25, -0.2) is 4.98 Å². The third-order valence-electron chi connectivity index (χ3n) is 4.06. The highest BCUT2D eigenvalue weighted by atomic mass is 16.2. The molecule has 0 aliphatic heterocycles. The molecule has 1 heterocycles. The Morgan fingerprint density at radius 1 is 0.885 bits per heavy atom. The van der Waals surface area contributed by atoms with Crippen LogP contribution in [0.15, 0.2) is 79.0 Å². The molecule has 5 nitrogen and oxygen atoms in total. The van der Waals surface area contributed by atoms with E-state index in [1.165, 1.54) is 0 Å². The normalized spacial score (nSPS) is 11.4. The number of rotatable bonds is 6. The summed E-state index contributed by atoms with van der Waals surface area (Å²) in [5.74, 6) is -0.137. The molecule has 3 rings (SSSR count). The van der Waals surface area contributed by atoms with Crippen molar-refractivity contribution in [3.05, 3.63) is 95.7 Å². The van der Waals surface area contributed by atoms with Crippen molar-refractivity contribution in [2.75, 3.05) is 5.43 Å². The van der Waals surface area contributed by atoms with Gasteiger partial charge in [0.05, 0.1) is 5.92 Å². The van der Waals surface area contributed by atoms with Gasteiger partial charge in [0.15, 0.2) is 5.78 Å². The highest BCUT2D eigenvalue weighted by molar-refractivity contribution is 6.09.